The minimum absolute atomic E-state index is 0.0268. The molecule has 0 saturated heterocycles. The van der Waals surface area contributed by atoms with Gasteiger partial charge in [-0.2, -0.15) is 0 Å². The number of ether oxygens (including phenoxy) is 1. The van der Waals surface area contributed by atoms with Crippen molar-refractivity contribution < 1.29 is 9.94 Å². The lowest BCUT2D eigenvalue weighted by Gasteiger charge is -2.11. The lowest BCUT2D eigenvalue weighted by atomic mass is 10.1. The van der Waals surface area contributed by atoms with Crippen molar-refractivity contribution in [3.05, 3.63) is 63.7 Å². The number of aryl methyl sites for hydroxylation is 2. The summed E-state index contributed by atoms with van der Waals surface area (Å²) in [4.78, 5) is 0. The van der Waals surface area contributed by atoms with Gasteiger partial charge in [-0.1, -0.05) is 40.5 Å². The van der Waals surface area contributed by atoms with Crippen molar-refractivity contribution in [2.24, 2.45) is 10.9 Å². The largest absolute Gasteiger partial charge is 0.489 e. The van der Waals surface area contributed by atoms with Gasteiger partial charge >= 0.3 is 0 Å². The van der Waals surface area contributed by atoms with Gasteiger partial charge in [0.15, 0.2) is 5.84 Å². The highest BCUT2D eigenvalue weighted by Gasteiger charge is 2.07. The summed E-state index contributed by atoms with van der Waals surface area (Å²) >= 11 is 6.09. The van der Waals surface area contributed by atoms with Crippen molar-refractivity contribution in [2.45, 2.75) is 20.5 Å². The third kappa shape index (κ3) is 3.67. The molecule has 0 saturated carbocycles. The second kappa shape index (κ2) is 6.50. The zero-order valence-corrected chi connectivity index (χ0v) is 12.7. The fraction of sp³-hybridized carbons (Fsp3) is 0.188. The molecule has 3 N–H and O–H groups in total. The highest BCUT2D eigenvalue weighted by atomic mass is 35.5. The van der Waals surface area contributed by atoms with Crippen LogP contribution >= 0.6 is 11.6 Å². The first-order chi connectivity index (χ1) is 10.0. The predicted molar refractivity (Wildman–Crippen MR) is 84.2 cm³/mol. The van der Waals surface area contributed by atoms with Crippen LogP contribution in [0.4, 0.5) is 0 Å². The minimum atomic E-state index is -0.0268. The third-order valence-corrected chi connectivity index (χ3v) is 3.54. The Labute approximate surface area is 128 Å². The van der Waals surface area contributed by atoms with Gasteiger partial charge in [0.1, 0.15) is 12.4 Å². The van der Waals surface area contributed by atoms with E-state index in [0.717, 1.165) is 5.56 Å². The highest BCUT2D eigenvalue weighted by Crippen LogP contribution is 2.23. The summed E-state index contributed by atoms with van der Waals surface area (Å²) in [6, 6.07) is 11.3. The molecule has 0 fully saturated rings. The molecule has 0 atom stereocenters. The highest BCUT2D eigenvalue weighted by molar-refractivity contribution is 6.34. The topological polar surface area (TPSA) is 67.8 Å². The van der Waals surface area contributed by atoms with Crippen LogP contribution in [0.15, 0.2) is 41.6 Å². The second-order valence-corrected chi connectivity index (χ2v) is 5.25. The number of halogens is 1. The maximum Gasteiger partial charge on any atom is 0.171 e. The molecule has 0 spiro atoms. The summed E-state index contributed by atoms with van der Waals surface area (Å²) < 4.78 is 5.75. The Kier molecular flexibility index (Phi) is 4.70. The van der Waals surface area contributed by atoms with Crippen molar-refractivity contribution in [3.63, 3.8) is 0 Å². The van der Waals surface area contributed by atoms with Crippen LogP contribution in [-0.4, -0.2) is 11.0 Å². The van der Waals surface area contributed by atoms with E-state index in [1.54, 1.807) is 18.2 Å². The van der Waals surface area contributed by atoms with Crippen LogP contribution in [-0.2, 0) is 6.61 Å². The van der Waals surface area contributed by atoms with E-state index in [4.69, 9.17) is 27.3 Å². The van der Waals surface area contributed by atoms with Gasteiger partial charge < -0.3 is 15.7 Å². The number of nitrogens with zero attached hydrogens (tertiary/aromatic N) is 1. The Morgan fingerprint density at radius 1 is 1.24 bits per heavy atom. The smallest absolute Gasteiger partial charge is 0.171 e. The molecule has 0 heterocycles. The molecule has 0 aliphatic rings. The molecule has 0 bridgehead atoms. The van der Waals surface area contributed by atoms with Crippen molar-refractivity contribution >= 4 is 17.4 Å². The Balaban J connectivity index is 2.14. The van der Waals surface area contributed by atoms with Gasteiger partial charge in [-0.15, -0.1) is 0 Å². The monoisotopic (exact) mass is 304 g/mol. The van der Waals surface area contributed by atoms with Crippen molar-refractivity contribution in [2.75, 3.05) is 0 Å². The SMILES string of the molecule is Cc1ccc(C)c(COc2ccc(/C(N)=N/O)c(Cl)c2)c1. The van der Waals surface area contributed by atoms with E-state index in [2.05, 4.69) is 23.4 Å². The van der Waals surface area contributed by atoms with E-state index in [1.165, 1.54) is 11.1 Å². The second-order valence-electron chi connectivity index (χ2n) is 4.85. The number of nitrogens with two attached hydrogens (primary N) is 1. The first-order valence-electron chi connectivity index (χ1n) is 6.47. The molecule has 2 rings (SSSR count). The van der Waals surface area contributed by atoms with E-state index < -0.39 is 0 Å². The number of oxime groups is 1. The van der Waals surface area contributed by atoms with Crippen LogP contribution in [0.2, 0.25) is 5.02 Å². The molecule has 0 aliphatic heterocycles. The average molecular weight is 305 g/mol. The number of hydrogen-bond donors (Lipinski definition) is 2. The standard InChI is InChI=1S/C16H17ClN2O2/c1-10-3-4-11(2)12(7-10)9-21-13-5-6-14(15(17)8-13)16(18)19-20/h3-8,20H,9H2,1-2H3,(H2,18,19). The van der Waals surface area contributed by atoms with Gasteiger partial charge in [-0.05, 0) is 43.2 Å². The molecule has 110 valence electrons. The van der Waals surface area contributed by atoms with Gasteiger partial charge in [0, 0.05) is 5.56 Å². The number of hydrogen-bond acceptors (Lipinski definition) is 3. The van der Waals surface area contributed by atoms with Gasteiger partial charge in [-0.25, -0.2) is 0 Å². The zero-order chi connectivity index (χ0) is 15.4. The van der Waals surface area contributed by atoms with Gasteiger partial charge in [-0.3, -0.25) is 0 Å². The summed E-state index contributed by atoms with van der Waals surface area (Å²) in [5.41, 5.74) is 9.50. The maximum atomic E-state index is 8.66. The summed E-state index contributed by atoms with van der Waals surface area (Å²) in [7, 11) is 0. The molecule has 0 unspecified atom stereocenters. The molecule has 0 aromatic heterocycles. The fourth-order valence-electron chi connectivity index (χ4n) is 1.96. The first-order valence-corrected chi connectivity index (χ1v) is 6.85. The van der Waals surface area contributed by atoms with Crippen LogP contribution in [0, 0.1) is 13.8 Å². The Morgan fingerprint density at radius 3 is 2.67 bits per heavy atom. The lowest BCUT2D eigenvalue weighted by Crippen LogP contribution is -2.13. The lowest BCUT2D eigenvalue weighted by molar-refractivity contribution is 0.305. The number of benzene rings is 2. The van der Waals surface area contributed by atoms with Crippen molar-refractivity contribution in [3.8, 4) is 5.75 Å². The molecular weight excluding hydrogens is 288 g/mol. The third-order valence-electron chi connectivity index (χ3n) is 3.22. The molecule has 0 amide bonds. The molecule has 5 heteroatoms. The van der Waals surface area contributed by atoms with Crippen LogP contribution in [0.5, 0.6) is 5.75 Å². The molecule has 21 heavy (non-hydrogen) atoms. The maximum absolute atomic E-state index is 8.66. The molecule has 2 aromatic rings. The van der Waals surface area contributed by atoms with E-state index in [1.807, 2.05) is 13.8 Å². The number of amidine groups is 1. The van der Waals surface area contributed by atoms with Crippen LogP contribution < -0.4 is 10.5 Å². The van der Waals surface area contributed by atoms with Crippen LogP contribution in [0.1, 0.15) is 22.3 Å². The summed E-state index contributed by atoms with van der Waals surface area (Å²) in [5, 5.41) is 12.0. The summed E-state index contributed by atoms with van der Waals surface area (Å²) in [5.74, 6) is 0.608. The number of rotatable bonds is 4. The van der Waals surface area contributed by atoms with E-state index >= 15 is 0 Å². The molecule has 0 radical (unpaired) electrons. The minimum Gasteiger partial charge on any atom is -0.489 e. The Bertz CT molecular complexity index is 684. The zero-order valence-electron chi connectivity index (χ0n) is 11.9. The summed E-state index contributed by atoms with van der Waals surface area (Å²) in [6.07, 6.45) is 0. The molecular formula is C16H17ClN2O2. The predicted octanol–water partition coefficient (Wildman–Crippen LogP) is 3.63. The van der Waals surface area contributed by atoms with E-state index in [9.17, 15) is 0 Å². The first kappa shape index (κ1) is 15.2. The molecule has 2 aromatic carbocycles. The Hall–Kier alpha value is -2.20. The van der Waals surface area contributed by atoms with Crippen molar-refractivity contribution in [1.29, 1.82) is 0 Å². The van der Waals surface area contributed by atoms with Crippen LogP contribution in [0.25, 0.3) is 0 Å². The quantitative estimate of drug-likeness (QED) is 0.392. The average Bonchev–Trinajstić information content (AvgIpc) is 2.47. The normalized spacial score (nSPS) is 11.5. The fourth-order valence-corrected chi connectivity index (χ4v) is 2.23. The molecule has 4 nitrogen and oxygen atoms in total. The van der Waals surface area contributed by atoms with Crippen molar-refractivity contribution in [1.82, 2.24) is 0 Å². The van der Waals surface area contributed by atoms with Gasteiger partial charge in [0.2, 0.25) is 0 Å². The summed E-state index contributed by atoms with van der Waals surface area (Å²) in [6.45, 7) is 4.56. The van der Waals surface area contributed by atoms with Gasteiger partial charge in [0.25, 0.3) is 0 Å². The van der Waals surface area contributed by atoms with E-state index in [0.29, 0.717) is 22.9 Å². The molecule has 0 aliphatic carbocycles. The van der Waals surface area contributed by atoms with E-state index in [-0.39, 0.29) is 5.84 Å². The van der Waals surface area contributed by atoms with Crippen LogP contribution in [0.3, 0.4) is 0 Å². The van der Waals surface area contributed by atoms with Gasteiger partial charge in [0.05, 0.1) is 5.02 Å². The Morgan fingerprint density at radius 2 is 2.00 bits per heavy atom.